The Morgan fingerprint density at radius 2 is 2.00 bits per heavy atom. The zero-order valence-electron chi connectivity index (χ0n) is 16.5. The Morgan fingerprint density at radius 1 is 1.17 bits per heavy atom. The third-order valence-corrected chi connectivity index (χ3v) is 5.29. The van der Waals surface area contributed by atoms with E-state index < -0.39 is 0 Å². The number of aromatic nitrogens is 2. The minimum Gasteiger partial charge on any atom is -0.473 e. The second-order valence-electron chi connectivity index (χ2n) is 7.28. The molecule has 2 aliphatic rings. The van der Waals surface area contributed by atoms with E-state index in [0.717, 1.165) is 44.7 Å². The van der Waals surface area contributed by atoms with Gasteiger partial charge in [0.2, 0.25) is 5.88 Å². The van der Waals surface area contributed by atoms with Gasteiger partial charge in [-0.2, -0.15) is 0 Å². The van der Waals surface area contributed by atoms with Crippen LogP contribution in [0.4, 0.5) is 10.5 Å². The summed E-state index contributed by atoms with van der Waals surface area (Å²) < 4.78 is 11.3. The van der Waals surface area contributed by atoms with Crippen molar-refractivity contribution in [1.82, 2.24) is 20.2 Å². The van der Waals surface area contributed by atoms with Crippen LogP contribution >= 0.6 is 0 Å². The number of nitrogens with one attached hydrogen (secondary N) is 1. The van der Waals surface area contributed by atoms with Gasteiger partial charge in [0.15, 0.2) is 0 Å². The molecule has 2 aromatic rings. The van der Waals surface area contributed by atoms with Crippen molar-refractivity contribution in [2.45, 2.75) is 25.5 Å². The predicted octanol–water partition coefficient (Wildman–Crippen LogP) is 2.07. The van der Waals surface area contributed by atoms with Crippen molar-refractivity contribution in [2.24, 2.45) is 0 Å². The minimum absolute atomic E-state index is 0.0280. The van der Waals surface area contributed by atoms with E-state index in [9.17, 15) is 4.79 Å². The first-order valence-corrected chi connectivity index (χ1v) is 10.1. The number of anilines is 1. The molecule has 0 atom stereocenters. The highest BCUT2D eigenvalue weighted by molar-refractivity contribution is 5.74. The molecule has 154 valence electrons. The first-order valence-electron chi connectivity index (χ1n) is 10.1. The van der Waals surface area contributed by atoms with Crippen LogP contribution < -0.4 is 15.0 Å². The van der Waals surface area contributed by atoms with Crippen LogP contribution in [0, 0.1) is 0 Å². The summed E-state index contributed by atoms with van der Waals surface area (Å²) in [6, 6.07) is 8.32. The normalized spacial score (nSPS) is 17.8. The number of morpholine rings is 1. The van der Waals surface area contributed by atoms with Crippen LogP contribution in [-0.2, 0) is 11.3 Å². The largest absolute Gasteiger partial charge is 0.473 e. The molecule has 2 aliphatic heterocycles. The molecule has 0 saturated carbocycles. The number of rotatable bonds is 5. The number of nitrogens with zero attached hydrogens (tertiary/aromatic N) is 4. The van der Waals surface area contributed by atoms with Gasteiger partial charge in [0, 0.05) is 63.6 Å². The molecule has 0 aliphatic carbocycles. The van der Waals surface area contributed by atoms with Gasteiger partial charge in [0.05, 0.1) is 19.4 Å². The molecular formula is C21H27N5O3. The summed E-state index contributed by atoms with van der Waals surface area (Å²) in [7, 11) is 0. The highest BCUT2D eigenvalue weighted by Crippen LogP contribution is 2.19. The van der Waals surface area contributed by atoms with Gasteiger partial charge in [-0.3, -0.25) is 4.98 Å². The zero-order chi connectivity index (χ0) is 19.9. The number of ether oxygens (including phenoxy) is 2. The lowest BCUT2D eigenvalue weighted by Gasteiger charge is -2.32. The first kappa shape index (κ1) is 19.4. The first-order chi connectivity index (χ1) is 14.3. The molecular weight excluding hydrogens is 370 g/mol. The van der Waals surface area contributed by atoms with Gasteiger partial charge < -0.3 is 24.6 Å². The molecule has 8 heteroatoms. The highest BCUT2D eigenvalue weighted by Gasteiger charge is 2.24. The Labute approximate surface area is 170 Å². The Bertz CT molecular complexity index is 790. The third kappa shape index (κ3) is 5.35. The average Bonchev–Trinajstić information content (AvgIpc) is 2.79. The zero-order valence-corrected chi connectivity index (χ0v) is 16.5. The van der Waals surface area contributed by atoms with E-state index in [4.69, 9.17) is 9.47 Å². The Hall–Kier alpha value is -2.87. The SMILES string of the molecule is O=C(NCc1cccc(N2CCOCC2)c1)N1CCC(Oc2cnccn2)CC1. The van der Waals surface area contributed by atoms with Crippen LogP contribution in [0.2, 0.25) is 0 Å². The molecule has 1 N–H and O–H groups in total. The van der Waals surface area contributed by atoms with Gasteiger partial charge in [-0.05, 0) is 17.7 Å². The quantitative estimate of drug-likeness (QED) is 0.832. The van der Waals surface area contributed by atoms with Crippen molar-refractivity contribution in [3.8, 4) is 5.88 Å². The number of likely N-dealkylation sites (tertiary alicyclic amines) is 1. The van der Waals surface area contributed by atoms with Crippen LogP contribution in [0.3, 0.4) is 0 Å². The molecule has 0 unspecified atom stereocenters. The number of hydrogen-bond acceptors (Lipinski definition) is 6. The molecule has 0 bridgehead atoms. The monoisotopic (exact) mass is 397 g/mol. The fraction of sp³-hybridized carbons (Fsp3) is 0.476. The van der Waals surface area contributed by atoms with Crippen molar-refractivity contribution >= 4 is 11.7 Å². The summed E-state index contributed by atoms with van der Waals surface area (Å²) in [5.74, 6) is 0.538. The third-order valence-electron chi connectivity index (χ3n) is 5.29. The standard InChI is InChI=1S/C21H27N5O3/c27-21(26-8-4-19(5-9-26)29-20-16-22-6-7-23-20)24-15-17-2-1-3-18(14-17)25-10-12-28-13-11-25/h1-3,6-7,14,16,19H,4-5,8-13,15H2,(H,24,27). The molecule has 2 saturated heterocycles. The lowest BCUT2D eigenvalue weighted by Crippen LogP contribution is -2.46. The Kier molecular flexibility index (Phi) is 6.41. The maximum Gasteiger partial charge on any atom is 0.317 e. The Balaban J connectivity index is 1.23. The molecule has 0 spiro atoms. The average molecular weight is 397 g/mol. The van der Waals surface area contributed by atoms with E-state index in [-0.39, 0.29) is 12.1 Å². The lowest BCUT2D eigenvalue weighted by molar-refractivity contribution is 0.107. The summed E-state index contributed by atoms with van der Waals surface area (Å²) in [6.45, 7) is 5.19. The van der Waals surface area contributed by atoms with Gasteiger partial charge in [-0.15, -0.1) is 0 Å². The molecule has 2 amide bonds. The van der Waals surface area contributed by atoms with Crippen molar-refractivity contribution in [1.29, 1.82) is 0 Å². The fourth-order valence-corrected chi connectivity index (χ4v) is 3.67. The summed E-state index contributed by atoms with van der Waals surface area (Å²) in [4.78, 5) is 24.9. The van der Waals surface area contributed by atoms with Crippen molar-refractivity contribution in [3.63, 3.8) is 0 Å². The summed E-state index contributed by atoms with van der Waals surface area (Å²) in [5.41, 5.74) is 2.28. The summed E-state index contributed by atoms with van der Waals surface area (Å²) in [6.07, 6.45) is 6.50. The molecule has 3 heterocycles. The van der Waals surface area contributed by atoms with Gasteiger partial charge >= 0.3 is 6.03 Å². The second-order valence-corrected chi connectivity index (χ2v) is 7.28. The van der Waals surface area contributed by atoms with Crippen molar-refractivity contribution in [2.75, 3.05) is 44.3 Å². The van der Waals surface area contributed by atoms with E-state index in [1.807, 2.05) is 17.0 Å². The maximum atomic E-state index is 12.5. The molecule has 4 rings (SSSR count). The number of carbonyl (C=O) groups is 1. The topological polar surface area (TPSA) is 79.8 Å². The number of amides is 2. The van der Waals surface area contributed by atoms with Crippen molar-refractivity contribution in [3.05, 3.63) is 48.4 Å². The number of piperidine rings is 1. The molecule has 1 aromatic heterocycles. The summed E-state index contributed by atoms with van der Waals surface area (Å²) in [5, 5.41) is 3.04. The van der Waals surface area contributed by atoms with Gasteiger partial charge in [-0.1, -0.05) is 12.1 Å². The highest BCUT2D eigenvalue weighted by atomic mass is 16.5. The van der Waals surface area contributed by atoms with Crippen LogP contribution in [-0.4, -0.2) is 66.4 Å². The molecule has 29 heavy (non-hydrogen) atoms. The second kappa shape index (κ2) is 9.56. The van der Waals surface area contributed by atoms with E-state index in [1.165, 1.54) is 5.69 Å². The molecule has 0 radical (unpaired) electrons. The number of benzene rings is 1. The van der Waals surface area contributed by atoms with Crippen LogP contribution in [0.1, 0.15) is 18.4 Å². The maximum absolute atomic E-state index is 12.5. The molecule has 8 nitrogen and oxygen atoms in total. The van der Waals surface area contributed by atoms with Crippen molar-refractivity contribution < 1.29 is 14.3 Å². The molecule has 1 aromatic carbocycles. The van der Waals surface area contributed by atoms with E-state index in [1.54, 1.807) is 18.6 Å². The number of carbonyl (C=O) groups excluding carboxylic acids is 1. The fourth-order valence-electron chi connectivity index (χ4n) is 3.67. The van der Waals surface area contributed by atoms with E-state index in [0.29, 0.717) is 25.5 Å². The number of urea groups is 1. The van der Waals surface area contributed by atoms with Gasteiger partial charge in [0.1, 0.15) is 6.10 Å². The number of hydrogen-bond donors (Lipinski definition) is 1. The van der Waals surface area contributed by atoms with Crippen LogP contribution in [0.15, 0.2) is 42.9 Å². The van der Waals surface area contributed by atoms with Gasteiger partial charge in [-0.25, -0.2) is 9.78 Å². The minimum atomic E-state index is -0.0280. The van der Waals surface area contributed by atoms with Gasteiger partial charge in [0.25, 0.3) is 0 Å². The van der Waals surface area contributed by atoms with Crippen LogP contribution in [0.25, 0.3) is 0 Å². The summed E-state index contributed by atoms with van der Waals surface area (Å²) >= 11 is 0. The Morgan fingerprint density at radius 3 is 2.76 bits per heavy atom. The van der Waals surface area contributed by atoms with E-state index in [2.05, 4.69) is 32.3 Å². The lowest BCUT2D eigenvalue weighted by atomic mass is 10.1. The molecule has 2 fully saturated rings. The smallest absolute Gasteiger partial charge is 0.317 e. The predicted molar refractivity (Wildman–Crippen MR) is 109 cm³/mol. The van der Waals surface area contributed by atoms with E-state index >= 15 is 0 Å². The van der Waals surface area contributed by atoms with Crippen LogP contribution in [0.5, 0.6) is 5.88 Å².